The second kappa shape index (κ2) is 7.33. The Morgan fingerprint density at radius 2 is 1.79 bits per heavy atom. The van der Waals surface area contributed by atoms with Crippen molar-refractivity contribution in [2.45, 2.75) is 83.8 Å². The Balaban J connectivity index is 2.90. The van der Waals surface area contributed by atoms with Gasteiger partial charge in [-0.15, -0.1) is 0 Å². The number of carbonyl (C=O) groups excluding carboxylic acids is 1. The lowest BCUT2D eigenvalue weighted by Gasteiger charge is -2.43. The van der Waals surface area contributed by atoms with E-state index in [1.165, 1.54) is 0 Å². The SMILES string of the molecule is CC(C)(C)OC(=O)N1CC(N=[N+]=[N-])CC(O[Si](C)(C)C(C)(C)C)C1. The molecule has 1 aliphatic heterocycles. The van der Waals surface area contributed by atoms with Crippen LogP contribution in [0.4, 0.5) is 4.79 Å². The molecule has 0 aromatic carbocycles. The quantitative estimate of drug-likeness (QED) is 0.318. The summed E-state index contributed by atoms with van der Waals surface area (Å²) in [5.74, 6) is 0. The van der Waals surface area contributed by atoms with Crippen LogP contribution in [0, 0.1) is 0 Å². The molecule has 0 aromatic rings. The number of azide groups is 1. The lowest BCUT2D eigenvalue weighted by atomic mass is 10.0. The average Bonchev–Trinajstić information content (AvgIpc) is 2.34. The van der Waals surface area contributed by atoms with Crippen molar-refractivity contribution in [3.05, 3.63) is 10.4 Å². The maximum absolute atomic E-state index is 12.4. The summed E-state index contributed by atoms with van der Waals surface area (Å²) >= 11 is 0. The highest BCUT2D eigenvalue weighted by Crippen LogP contribution is 2.38. The highest BCUT2D eigenvalue weighted by atomic mass is 28.4. The number of likely N-dealkylation sites (tertiary alicyclic amines) is 1. The fourth-order valence-electron chi connectivity index (χ4n) is 2.34. The molecule has 0 N–H and O–H groups in total. The molecule has 0 saturated carbocycles. The van der Waals surface area contributed by atoms with Crippen LogP contribution in [0.5, 0.6) is 0 Å². The molecule has 2 atom stereocenters. The van der Waals surface area contributed by atoms with Crippen molar-refractivity contribution >= 4 is 14.4 Å². The van der Waals surface area contributed by atoms with Crippen molar-refractivity contribution < 1.29 is 14.0 Å². The van der Waals surface area contributed by atoms with Gasteiger partial charge in [0.15, 0.2) is 8.32 Å². The zero-order valence-corrected chi connectivity index (χ0v) is 17.3. The summed E-state index contributed by atoms with van der Waals surface area (Å²) in [6.45, 7) is 17.3. The van der Waals surface area contributed by atoms with Crippen LogP contribution < -0.4 is 0 Å². The summed E-state index contributed by atoms with van der Waals surface area (Å²) in [6.07, 6.45) is 0.113. The van der Waals surface area contributed by atoms with Gasteiger partial charge in [0.05, 0.1) is 12.1 Å². The minimum atomic E-state index is -1.97. The van der Waals surface area contributed by atoms with Crippen molar-refractivity contribution in [3.63, 3.8) is 0 Å². The van der Waals surface area contributed by atoms with Crippen LogP contribution in [0.1, 0.15) is 48.0 Å². The first kappa shape index (κ1) is 20.8. The molecule has 24 heavy (non-hydrogen) atoms. The zero-order valence-electron chi connectivity index (χ0n) is 16.3. The third-order valence-electron chi connectivity index (χ3n) is 4.52. The number of hydrogen-bond donors (Lipinski definition) is 0. The van der Waals surface area contributed by atoms with Crippen LogP contribution in [-0.4, -0.2) is 50.1 Å². The van der Waals surface area contributed by atoms with E-state index in [-0.39, 0.29) is 23.3 Å². The fraction of sp³-hybridized carbons (Fsp3) is 0.938. The van der Waals surface area contributed by atoms with Crippen molar-refractivity contribution in [2.75, 3.05) is 13.1 Å². The molecule has 8 heteroatoms. The topological polar surface area (TPSA) is 87.5 Å². The van der Waals surface area contributed by atoms with E-state index in [0.717, 1.165) is 0 Å². The second-order valence-electron chi connectivity index (χ2n) is 8.98. The predicted octanol–water partition coefficient (Wildman–Crippen LogP) is 4.70. The lowest BCUT2D eigenvalue weighted by Crippen LogP contribution is -2.54. The van der Waals surface area contributed by atoms with Gasteiger partial charge in [-0.1, -0.05) is 25.9 Å². The molecule has 1 heterocycles. The summed E-state index contributed by atoms with van der Waals surface area (Å²) in [5.41, 5.74) is 8.21. The summed E-state index contributed by atoms with van der Waals surface area (Å²) in [5, 5.41) is 3.90. The average molecular weight is 357 g/mol. The van der Waals surface area contributed by atoms with Crippen LogP contribution in [0.25, 0.3) is 10.4 Å². The Bertz CT molecular complexity index is 504. The van der Waals surface area contributed by atoms with Crippen molar-refractivity contribution in [1.29, 1.82) is 0 Å². The van der Waals surface area contributed by atoms with Gasteiger partial charge in [0.1, 0.15) is 5.60 Å². The molecule has 1 aliphatic rings. The van der Waals surface area contributed by atoms with Gasteiger partial charge in [-0.05, 0) is 50.9 Å². The Labute approximate surface area is 146 Å². The van der Waals surface area contributed by atoms with Crippen molar-refractivity contribution in [3.8, 4) is 0 Å². The zero-order chi connectivity index (χ0) is 18.8. The van der Waals surface area contributed by atoms with Gasteiger partial charge in [0, 0.05) is 18.0 Å². The van der Waals surface area contributed by atoms with Gasteiger partial charge >= 0.3 is 6.09 Å². The first-order chi connectivity index (χ1) is 10.7. The van der Waals surface area contributed by atoms with Gasteiger partial charge in [0.25, 0.3) is 0 Å². The molecular formula is C16H32N4O3Si. The minimum Gasteiger partial charge on any atom is -0.444 e. The molecule has 0 radical (unpaired) electrons. The largest absolute Gasteiger partial charge is 0.444 e. The lowest BCUT2D eigenvalue weighted by molar-refractivity contribution is 0.00272. The highest BCUT2D eigenvalue weighted by molar-refractivity contribution is 6.74. The Hall–Kier alpha value is -1.24. The van der Waals surface area contributed by atoms with Gasteiger partial charge < -0.3 is 14.1 Å². The van der Waals surface area contributed by atoms with E-state index in [1.54, 1.807) is 4.90 Å². The first-order valence-electron chi connectivity index (χ1n) is 8.45. The van der Waals surface area contributed by atoms with Crippen LogP contribution in [-0.2, 0) is 9.16 Å². The normalized spacial score (nSPS) is 22.8. The van der Waals surface area contributed by atoms with E-state index >= 15 is 0 Å². The molecule has 138 valence electrons. The summed E-state index contributed by atoms with van der Waals surface area (Å²) < 4.78 is 11.9. The number of nitrogens with zero attached hydrogens (tertiary/aromatic N) is 4. The molecule has 7 nitrogen and oxygen atoms in total. The van der Waals surface area contributed by atoms with Gasteiger partial charge in [-0.25, -0.2) is 4.79 Å². The molecule has 1 amide bonds. The maximum Gasteiger partial charge on any atom is 0.410 e. The van der Waals surface area contributed by atoms with Gasteiger partial charge in [0.2, 0.25) is 0 Å². The summed E-state index contributed by atoms with van der Waals surface area (Å²) in [6, 6.07) is -0.286. The standard InChI is InChI=1S/C16H32N4O3Si/c1-15(2,3)22-14(21)20-10-12(18-19-17)9-13(11-20)23-24(7,8)16(4,5)6/h12-13H,9-11H2,1-8H3. The second-order valence-corrected chi connectivity index (χ2v) is 13.7. The molecule has 0 spiro atoms. The van der Waals surface area contributed by atoms with E-state index in [4.69, 9.17) is 14.7 Å². The van der Waals surface area contributed by atoms with Crippen LogP contribution in [0.2, 0.25) is 18.1 Å². The van der Waals surface area contributed by atoms with E-state index in [9.17, 15) is 4.79 Å². The van der Waals surface area contributed by atoms with E-state index < -0.39 is 13.9 Å². The molecule has 2 unspecified atom stereocenters. The maximum atomic E-state index is 12.4. The molecular weight excluding hydrogens is 324 g/mol. The van der Waals surface area contributed by atoms with Crippen LogP contribution >= 0.6 is 0 Å². The predicted molar refractivity (Wildman–Crippen MR) is 97.4 cm³/mol. The summed E-state index contributed by atoms with van der Waals surface area (Å²) in [4.78, 5) is 16.9. The smallest absolute Gasteiger partial charge is 0.410 e. The third kappa shape index (κ3) is 6.00. The summed E-state index contributed by atoms with van der Waals surface area (Å²) in [7, 11) is -1.97. The Morgan fingerprint density at radius 3 is 2.25 bits per heavy atom. The van der Waals surface area contributed by atoms with Crippen molar-refractivity contribution in [2.24, 2.45) is 5.11 Å². The minimum absolute atomic E-state index is 0.0786. The fourth-order valence-corrected chi connectivity index (χ4v) is 3.70. The van der Waals surface area contributed by atoms with Crippen LogP contribution in [0.15, 0.2) is 5.11 Å². The third-order valence-corrected chi connectivity index (χ3v) is 9.06. The monoisotopic (exact) mass is 356 g/mol. The number of ether oxygens (including phenoxy) is 1. The number of carbonyl (C=O) groups is 1. The Kier molecular flexibility index (Phi) is 6.35. The number of hydrogen-bond acceptors (Lipinski definition) is 4. The molecule has 1 rings (SSSR count). The highest BCUT2D eigenvalue weighted by Gasteiger charge is 2.42. The number of piperidine rings is 1. The molecule has 0 aromatic heterocycles. The number of rotatable bonds is 3. The molecule has 1 fully saturated rings. The molecule has 1 saturated heterocycles. The van der Waals surface area contributed by atoms with Crippen molar-refractivity contribution in [1.82, 2.24) is 4.90 Å². The molecule has 0 aliphatic carbocycles. The van der Waals surface area contributed by atoms with E-state index in [2.05, 4.69) is 43.9 Å². The Morgan fingerprint density at radius 1 is 1.21 bits per heavy atom. The van der Waals surface area contributed by atoms with Gasteiger partial charge in [-0.2, -0.15) is 0 Å². The van der Waals surface area contributed by atoms with E-state index in [0.29, 0.717) is 19.5 Å². The van der Waals surface area contributed by atoms with Gasteiger partial charge in [-0.3, -0.25) is 0 Å². The molecule has 0 bridgehead atoms. The number of amides is 1. The van der Waals surface area contributed by atoms with Crippen LogP contribution in [0.3, 0.4) is 0 Å². The van der Waals surface area contributed by atoms with E-state index in [1.807, 2.05) is 20.8 Å². The first-order valence-corrected chi connectivity index (χ1v) is 11.4.